The number of anilines is 4. The third-order valence-corrected chi connectivity index (χ3v) is 3.93. The molecular weight excluding hydrogens is 360 g/mol. The van der Waals surface area contributed by atoms with E-state index in [1.165, 1.54) is 13.4 Å². The molecule has 0 bridgehead atoms. The van der Waals surface area contributed by atoms with Gasteiger partial charge < -0.3 is 24.8 Å². The number of benzene rings is 2. The first kappa shape index (κ1) is 19.0. The number of para-hydroxylation sites is 1. The summed E-state index contributed by atoms with van der Waals surface area (Å²) in [7, 11) is 4.52. The number of methoxy groups -OCH3 is 3. The van der Waals surface area contributed by atoms with Gasteiger partial charge in [-0.25, -0.2) is 14.8 Å². The van der Waals surface area contributed by atoms with Crippen molar-refractivity contribution in [1.29, 1.82) is 0 Å². The number of carbonyl (C=O) groups excluding carboxylic acids is 1. The van der Waals surface area contributed by atoms with Crippen molar-refractivity contribution in [2.24, 2.45) is 0 Å². The van der Waals surface area contributed by atoms with Gasteiger partial charge in [-0.2, -0.15) is 0 Å². The molecule has 3 aromatic rings. The van der Waals surface area contributed by atoms with E-state index in [9.17, 15) is 4.79 Å². The van der Waals surface area contributed by atoms with Gasteiger partial charge in [0.15, 0.2) is 0 Å². The van der Waals surface area contributed by atoms with Crippen LogP contribution in [0.3, 0.4) is 0 Å². The lowest BCUT2D eigenvalue weighted by Gasteiger charge is -2.13. The Morgan fingerprint density at radius 2 is 1.57 bits per heavy atom. The number of nitrogens with zero attached hydrogens (tertiary/aromatic N) is 2. The van der Waals surface area contributed by atoms with Gasteiger partial charge in [-0.1, -0.05) is 12.1 Å². The fourth-order valence-corrected chi connectivity index (χ4v) is 2.56. The van der Waals surface area contributed by atoms with Gasteiger partial charge in [-0.3, -0.25) is 0 Å². The summed E-state index contributed by atoms with van der Waals surface area (Å²) in [6.45, 7) is 0. The number of hydrogen-bond donors (Lipinski definition) is 2. The SMILES string of the molecule is COC(=O)c1ccccc1Nc1cc(Nc2cc(OC)ccc2OC)ncn1. The summed E-state index contributed by atoms with van der Waals surface area (Å²) in [6, 6.07) is 14.2. The summed E-state index contributed by atoms with van der Waals surface area (Å²) in [5, 5.41) is 6.30. The van der Waals surface area contributed by atoms with Crippen molar-refractivity contribution >= 4 is 29.0 Å². The monoisotopic (exact) mass is 380 g/mol. The van der Waals surface area contributed by atoms with Crippen LogP contribution in [-0.2, 0) is 4.74 Å². The summed E-state index contributed by atoms with van der Waals surface area (Å²) >= 11 is 0. The average Bonchev–Trinajstić information content (AvgIpc) is 2.73. The first-order valence-corrected chi connectivity index (χ1v) is 8.40. The fourth-order valence-electron chi connectivity index (χ4n) is 2.56. The van der Waals surface area contributed by atoms with Crippen molar-refractivity contribution in [3.63, 3.8) is 0 Å². The maximum absolute atomic E-state index is 11.9. The first-order valence-electron chi connectivity index (χ1n) is 8.40. The molecule has 3 rings (SSSR count). The minimum atomic E-state index is -0.434. The predicted molar refractivity (Wildman–Crippen MR) is 106 cm³/mol. The lowest BCUT2D eigenvalue weighted by Crippen LogP contribution is -2.06. The Morgan fingerprint density at radius 1 is 0.857 bits per heavy atom. The van der Waals surface area contributed by atoms with Gasteiger partial charge in [-0.05, 0) is 24.3 Å². The highest BCUT2D eigenvalue weighted by atomic mass is 16.5. The van der Waals surface area contributed by atoms with Crippen molar-refractivity contribution < 1.29 is 19.0 Å². The van der Waals surface area contributed by atoms with E-state index in [4.69, 9.17) is 14.2 Å². The van der Waals surface area contributed by atoms with Crippen LogP contribution >= 0.6 is 0 Å². The van der Waals surface area contributed by atoms with E-state index in [1.54, 1.807) is 56.7 Å². The molecule has 0 aliphatic carbocycles. The second kappa shape index (κ2) is 8.72. The van der Waals surface area contributed by atoms with Crippen LogP contribution in [0.25, 0.3) is 0 Å². The smallest absolute Gasteiger partial charge is 0.339 e. The van der Waals surface area contributed by atoms with Gasteiger partial charge in [0.25, 0.3) is 0 Å². The van der Waals surface area contributed by atoms with Crippen molar-refractivity contribution in [3.8, 4) is 11.5 Å². The number of carbonyl (C=O) groups is 1. The minimum Gasteiger partial charge on any atom is -0.497 e. The van der Waals surface area contributed by atoms with Crippen LogP contribution in [0.4, 0.5) is 23.0 Å². The van der Waals surface area contributed by atoms with Gasteiger partial charge >= 0.3 is 5.97 Å². The molecule has 2 N–H and O–H groups in total. The number of ether oxygens (including phenoxy) is 3. The van der Waals surface area contributed by atoms with Crippen LogP contribution in [0.5, 0.6) is 11.5 Å². The molecule has 144 valence electrons. The quantitative estimate of drug-likeness (QED) is 0.598. The Hall–Kier alpha value is -3.81. The standard InChI is InChI=1S/C20H20N4O4/c1-26-13-8-9-17(27-2)16(10-13)24-19-11-18(21-12-22-19)23-15-7-5-4-6-14(15)20(25)28-3/h4-12H,1-3H3,(H2,21,22,23,24). The number of esters is 1. The highest BCUT2D eigenvalue weighted by molar-refractivity contribution is 5.96. The Morgan fingerprint density at radius 3 is 2.25 bits per heavy atom. The van der Waals surface area contributed by atoms with Crippen LogP contribution in [0.2, 0.25) is 0 Å². The molecule has 2 aromatic carbocycles. The normalized spacial score (nSPS) is 10.1. The van der Waals surface area contributed by atoms with Crippen molar-refractivity contribution in [3.05, 3.63) is 60.4 Å². The van der Waals surface area contributed by atoms with Crippen molar-refractivity contribution in [2.75, 3.05) is 32.0 Å². The molecule has 0 aliphatic rings. The predicted octanol–water partition coefficient (Wildman–Crippen LogP) is 3.77. The number of nitrogens with one attached hydrogen (secondary N) is 2. The van der Waals surface area contributed by atoms with Gasteiger partial charge in [0.1, 0.15) is 29.5 Å². The summed E-state index contributed by atoms with van der Waals surface area (Å²) in [4.78, 5) is 20.4. The van der Waals surface area contributed by atoms with Crippen LogP contribution in [-0.4, -0.2) is 37.3 Å². The molecule has 8 heteroatoms. The highest BCUT2D eigenvalue weighted by Gasteiger charge is 2.12. The summed E-state index contributed by atoms with van der Waals surface area (Å²) < 4.78 is 15.4. The maximum Gasteiger partial charge on any atom is 0.339 e. The molecule has 1 heterocycles. The minimum absolute atomic E-state index is 0.410. The van der Waals surface area contributed by atoms with Crippen LogP contribution in [0.1, 0.15) is 10.4 Å². The van der Waals surface area contributed by atoms with Crippen LogP contribution in [0, 0.1) is 0 Å². The molecule has 0 unspecified atom stereocenters. The first-order chi connectivity index (χ1) is 13.6. The largest absolute Gasteiger partial charge is 0.497 e. The number of aromatic nitrogens is 2. The number of hydrogen-bond acceptors (Lipinski definition) is 8. The molecule has 28 heavy (non-hydrogen) atoms. The second-order valence-electron chi connectivity index (χ2n) is 5.64. The molecule has 0 saturated carbocycles. The molecule has 0 fully saturated rings. The Labute approximate surface area is 162 Å². The third-order valence-electron chi connectivity index (χ3n) is 3.93. The lowest BCUT2D eigenvalue weighted by atomic mass is 10.2. The Balaban J connectivity index is 1.85. The van der Waals surface area contributed by atoms with E-state index >= 15 is 0 Å². The fraction of sp³-hybridized carbons (Fsp3) is 0.150. The summed E-state index contributed by atoms with van der Waals surface area (Å²) in [6.07, 6.45) is 1.41. The van der Waals surface area contributed by atoms with Gasteiger partial charge in [0.2, 0.25) is 0 Å². The van der Waals surface area contributed by atoms with Crippen LogP contribution < -0.4 is 20.1 Å². The van der Waals surface area contributed by atoms with Crippen LogP contribution in [0.15, 0.2) is 54.9 Å². The van der Waals surface area contributed by atoms with Crippen molar-refractivity contribution in [1.82, 2.24) is 9.97 Å². The lowest BCUT2D eigenvalue weighted by molar-refractivity contribution is 0.0602. The van der Waals surface area contributed by atoms with Gasteiger partial charge in [0.05, 0.1) is 38.3 Å². The molecular formula is C20H20N4O4. The zero-order valence-corrected chi connectivity index (χ0v) is 15.7. The topological polar surface area (TPSA) is 94.6 Å². The molecule has 1 aromatic heterocycles. The second-order valence-corrected chi connectivity index (χ2v) is 5.64. The number of rotatable bonds is 7. The van der Waals surface area contributed by atoms with E-state index in [0.29, 0.717) is 40.1 Å². The molecule has 0 spiro atoms. The highest BCUT2D eigenvalue weighted by Crippen LogP contribution is 2.31. The maximum atomic E-state index is 11.9. The molecule has 8 nitrogen and oxygen atoms in total. The van der Waals surface area contributed by atoms with E-state index < -0.39 is 5.97 Å². The van der Waals surface area contributed by atoms with E-state index in [0.717, 1.165) is 0 Å². The molecule has 0 amide bonds. The Kier molecular flexibility index (Phi) is 5.91. The molecule has 0 radical (unpaired) electrons. The average molecular weight is 380 g/mol. The summed E-state index contributed by atoms with van der Waals surface area (Å²) in [5.74, 6) is 1.94. The third kappa shape index (κ3) is 4.29. The van der Waals surface area contributed by atoms with Gasteiger partial charge in [-0.15, -0.1) is 0 Å². The van der Waals surface area contributed by atoms with E-state index in [-0.39, 0.29) is 0 Å². The van der Waals surface area contributed by atoms with E-state index in [1.807, 2.05) is 6.07 Å². The van der Waals surface area contributed by atoms with Gasteiger partial charge in [0, 0.05) is 12.1 Å². The Bertz CT molecular complexity index is 978. The van der Waals surface area contributed by atoms with E-state index in [2.05, 4.69) is 20.6 Å². The zero-order valence-electron chi connectivity index (χ0n) is 15.7. The zero-order chi connectivity index (χ0) is 19.9. The molecule has 0 atom stereocenters. The summed E-state index contributed by atoms with van der Waals surface area (Å²) in [5.41, 5.74) is 1.69. The molecule has 0 aliphatic heterocycles. The van der Waals surface area contributed by atoms with Crippen molar-refractivity contribution in [2.45, 2.75) is 0 Å². The molecule has 0 saturated heterocycles.